The van der Waals surface area contributed by atoms with Gasteiger partial charge in [0.15, 0.2) is 5.16 Å². The molecule has 0 saturated heterocycles. The highest BCUT2D eigenvalue weighted by atomic mass is 32.2. The molecule has 0 saturated carbocycles. The van der Waals surface area contributed by atoms with Gasteiger partial charge in [0.25, 0.3) is 11.4 Å². The maximum Gasteiger partial charge on any atom is 0.290 e. The van der Waals surface area contributed by atoms with Crippen LogP contribution in [0.2, 0.25) is 0 Å². The Kier molecular flexibility index (Phi) is 5.34. The van der Waals surface area contributed by atoms with E-state index in [1.165, 1.54) is 12.1 Å². The van der Waals surface area contributed by atoms with Crippen molar-refractivity contribution in [3.63, 3.8) is 0 Å². The van der Waals surface area contributed by atoms with Crippen LogP contribution in [0.25, 0.3) is 11.0 Å². The van der Waals surface area contributed by atoms with E-state index in [1.54, 1.807) is 18.2 Å². The standard InChI is InChI=1S/C13H8N4O7S2/c18-16(19)7-1-4-12(11(5-7)17(20)21)25-13-14-9-3-2-8(26-24-23-22)6-10(9)15-13/h1-6,22H,(H,14,15). The lowest BCUT2D eigenvalue weighted by Gasteiger charge is -2.00. The van der Waals surface area contributed by atoms with Gasteiger partial charge in [-0.1, -0.05) is 5.04 Å². The number of fused-ring (bicyclic) bond motifs is 1. The highest BCUT2D eigenvalue weighted by molar-refractivity contribution is 7.99. The Morgan fingerprint density at radius 1 is 1.12 bits per heavy atom. The number of non-ortho nitro benzene ring substituents is 1. The zero-order chi connectivity index (χ0) is 18.7. The van der Waals surface area contributed by atoms with Crippen molar-refractivity contribution in [3.8, 4) is 0 Å². The monoisotopic (exact) mass is 396 g/mol. The number of hydrogen-bond acceptors (Lipinski definition) is 10. The normalized spacial score (nSPS) is 11.0. The lowest BCUT2D eigenvalue weighted by Crippen LogP contribution is -1.94. The van der Waals surface area contributed by atoms with Gasteiger partial charge in [0.1, 0.15) is 0 Å². The number of nitrogens with one attached hydrogen (secondary N) is 1. The van der Waals surface area contributed by atoms with E-state index in [2.05, 4.69) is 19.3 Å². The quantitative estimate of drug-likeness (QED) is 0.259. The summed E-state index contributed by atoms with van der Waals surface area (Å²) in [5, 5.41) is 34.1. The molecule has 0 fully saturated rings. The fraction of sp³-hybridized carbons (Fsp3) is 0. The second kappa shape index (κ2) is 7.67. The number of imidazole rings is 1. The highest BCUT2D eigenvalue weighted by Crippen LogP contribution is 2.36. The molecule has 0 aliphatic heterocycles. The van der Waals surface area contributed by atoms with Crippen molar-refractivity contribution in [2.24, 2.45) is 0 Å². The topological polar surface area (TPSA) is 154 Å². The smallest absolute Gasteiger partial charge is 0.290 e. The third-order valence-corrected chi connectivity index (χ3v) is 4.68. The van der Waals surface area contributed by atoms with E-state index in [0.29, 0.717) is 21.1 Å². The maximum absolute atomic E-state index is 11.2. The minimum atomic E-state index is -0.694. The zero-order valence-electron chi connectivity index (χ0n) is 12.5. The summed E-state index contributed by atoms with van der Waals surface area (Å²) in [4.78, 5) is 28.7. The van der Waals surface area contributed by atoms with Crippen LogP contribution in [0.4, 0.5) is 11.4 Å². The molecule has 0 unspecified atom stereocenters. The number of aromatic nitrogens is 2. The van der Waals surface area contributed by atoms with Crippen LogP contribution in [0.5, 0.6) is 0 Å². The second-order valence-electron chi connectivity index (χ2n) is 4.72. The summed E-state index contributed by atoms with van der Waals surface area (Å²) in [6.45, 7) is 0. The molecule has 11 nitrogen and oxygen atoms in total. The van der Waals surface area contributed by atoms with Crippen LogP contribution in [0.3, 0.4) is 0 Å². The predicted octanol–water partition coefficient (Wildman–Crippen LogP) is 3.96. The van der Waals surface area contributed by atoms with Crippen LogP contribution in [0.1, 0.15) is 0 Å². The molecule has 1 heterocycles. The van der Waals surface area contributed by atoms with Crippen molar-refractivity contribution in [2.75, 3.05) is 0 Å². The van der Waals surface area contributed by atoms with Gasteiger partial charge in [-0.05, 0) is 36.0 Å². The van der Waals surface area contributed by atoms with Crippen LogP contribution in [0, 0.1) is 20.2 Å². The molecule has 0 amide bonds. The summed E-state index contributed by atoms with van der Waals surface area (Å²) in [5.41, 5.74) is 0.489. The lowest BCUT2D eigenvalue weighted by atomic mass is 10.3. The molecule has 2 aromatic carbocycles. The average Bonchev–Trinajstić information content (AvgIpc) is 3.01. The summed E-state index contributed by atoms with van der Waals surface area (Å²) < 4.78 is 4.35. The van der Waals surface area contributed by atoms with Gasteiger partial charge in [0, 0.05) is 11.0 Å². The van der Waals surface area contributed by atoms with Gasteiger partial charge in [-0.3, -0.25) is 20.2 Å². The molecule has 2 N–H and O–H groups in total. The SMILES string of the molecule is O=[N+]([O-])c1ccc(Sc2nc3ccc(SOOO)cc3[nH]2)c([N+](=O)[O-])c1. The van der Waals surface area contributed by atoms with Gasteiger partial charge < -0.3 is 4.98 Å². The van der Waals surface area contributed by atoms with Gasteiger partial charge in [-0.15, -0.1) is 4.33 Å². The van der Waals surface area contributed by atoms with Crippen LogP contribution in [-0.2, 0) is 9.37 Å². The fourth-order valence-corrected chi connectivity index (χ4v) is 3.36. The van der Waals surface area contributed by atoms with Gasteiger partial charge in [0.05, 0.1) is 43.9 Å². The van der Waals surface area contributed by atoms with Crippen molar-refractivity contribution >= 4 is 46.2 Å². The fourth-order valence-electron chi connectivity index (χ4n) is 2.07. The number of nitrogens with zero attached hydrogens (tertiary/aromatic N) is 3. The summed E-state index contributed by atoms with van der Waals surface area (Å²) >= 11 is 1.76. The van der Waals surface area contributed by atoms with Gasteiger partial charge in [0.2, 0.25) is 0 Å². The Labute approximate surface area is 152 Å². The van der Waals surface area contributed by atoms with Crippen LogP contribution in [0.15, 0.2) is 51.3 Å². The number of rotatable bonds is 7. The molecule has 0 bridgehead atoms. The average molecular weight is 396 g/mol. The van der Waals surface area contributed by atoms with Crippen molar-refractivity contribution < 1.29 is 24.5 Å². The molecular formula is C13H8N4O7S2. The number of benzene rings is 2. The summed E-state index contributed by atoms with van der Waals surface area (Å²) in [5.74, 6) is 0. The molecule has 13 heteroatoms. The van der Waals surface area contributed by atoms with Gasteiger partial charge >= 0.3 is 0 Å². The summed E-state index contributed by atoms with van der Waals surface area (Å²) in [6.07, 6.45) is 0. The first-order valence-corrected chi connectivity index (χ1v) is 8.29. The molecule has 3 rings (SSSR count). The Bertz CT molecular complexity index is 994. The van der Waals surface area contributed by atoms with E-state index in [9.17, 15) is 20.2 Å². The Hall–Kier alpha value is -2.71. The van der Waals surface area contributed by atoms with Crippen molar-refractivity contribution in [3.05, 3.63) is 56.6 Å². The largest absolute Gasteiger partial charge is 0.333 e. The second-order valence-corrected chi connectivity index (χ2v) is 6.52. The molecule has 3 aromatic rings. The number of hydrogen-bond donors (Lipinski definition) is 2. The molecule has 134 valence electrons. The Morgan fingerprint density at radius 3 is 2.62 bits per heavy atom. The molecule has 1 aromatic heterocycles. The van der Waals surface area contributed by atoms with Crippen LogP contribution < -0.4 is 0 Å². The maximum atomic E-state index is 11.2. The van der Waals surface area contributed by atoms with E-state index >= 15 is 0 Å². The molecule has 0 aliphatic carbocycles. The Morgan fingerprint density at radius 2 is 1.92 bits per heavy atom. The zero-order valence-corrected chi connectivity index (χ0v) is 14.2. The van der Waals surface area contributed by atoms with Crippen molar-refractivity contribution in [1.29, 1.82) is 0 Å². The van der Waals surface area contributed by atoms with E-state index in [0.717, 1.165) is 29.9 Å². The first-order valence-electron chi connectivity index (χ1n) is 6.73. The number of nitro groups is 2. The van der Waals surface area contributed by atoms with E-state index in [4.69, 9.17) is 5.26 Å². The predicted molar refractivity (Wildman–Crippen MR) is 90.6 cm³/mol. The van der Waals surface area contributed by atoms with E-state index < -0.39 is 9.85 Å². The summed E-state index contributed by atoms with van der Waals surface area (Å²) in [6, 6.07) is 8.45. The van der Waals surface area contributed by atoms with Crippen molar-refractivity contribution in [1.82, 2.24) is 9.97 Å². The van der Waals surface area contributed by atoms with Crippen LogP contribution in [-0.4, -0.2) is 25.1 Å². The number of nitro benzene ring substituents is 2. The van der Waals surface area contributed by atoms with Gasteiger partial charge in [-0.25, -0.2) is 10.2 Å². The van der Waals surface area contributed by atoms with Crippen LogP contribution >= 0.6 is 23.8 Å². The first-order chi connectivity index (χ1) is 12.5. The van der Waals surface area contributed by atoms with E-state index in [-0.39, 0.29) is 16.3 Å². The lowest BCUT2D eigenvalue weighted by molar-refractivity contribution is -0.432. The minimum Gasteiger partial charge on any atom is -0.333 e. The molecule has 0 spiro atoms. The molecule has 0 aliphatic rings. The van der Waals surface area contributed by atoms with Crippen molar-refractivity contribution in [2.45, 2.75) is 14.9 Å². The molecule has 0 radical (unpaired) electrons. The molecule has 0 atom stereocenters. The third kappa shape index (κ3) is 3.92. The molecular weight excluding hydrogens is 388 g/mol. The van der Waals surface area contributed by atoms with Gasteiger partial charge in [-0.2, -0.15) is 0 Å². The third-order valence-electron chi connectivity index (χ3n) is 3.15. The highest BCUT2D eigenvalue weighted by Gasteiger charge is 2.21. The molecule has 26 heavy (non-hydrogen) atoms. The van der Waals surface area contributed by atoms with E-state index in [1.807, 2.05) is 0 Å². The summed E-state index contributed by atoms with van der Waals surface area (Å²) in [7, 11) is 0. The number of H-pyrrole nitrogens is 1. The Balaban J connectivity index is 1.91. The first kappa shape index (κ1) is 18.1. The minimum absolute atomic E-state index is 0.214. The number of aromatic amines is 1.